The standard InChI is InChI=1S/C12H20N/c1-10(2)13-9-7-6-8-11(13)12(3,4)5/h6-10H,1-5H3/q+1. The second-order valence-electron chi connectivity index (χ2n) is 4.84. The van der Waals surface area contributed by atoms with E-state index in [2.05, 4.69) is 63.6 Å². The molecule has 1 aromatic heterocycles. The lowest BCUT2D eigenvalue weighted by atomic mass is 9.91. The van der Waals surface area contributed by atoms with Crippen LogP contribution in [0.2, 0.25) is 0 Å². The Kier molecular flexibility index (Phi) is 2.74. The normalized spacial score (nSPS) is 12.2. The zero-order valence-electron chi connectivity index (χ0n) is 9.33. The summed E-state index contributed by atoms with van der Waals surface area (Å²) < 4.78 is 2.33. The molecule has 0 aliphatic rings. The number of rotatable bonds is 1. The molecule has 0 atom stereocenters. The Balaban J connectivity index is 3.20. The summed E-state index contributed by atoms with van der Waals surface area (Å²) in [6.07, 6.45) is 2.16. The van der Waals surface area contributed by atoms with Crippen molar-refractivity contribution in [3.8, 4) is 0 Å². The SMILES string of the molecule is CC(C)[n+]1ccccc1C(C)(C)C. The molecule has 1 aromatic rings. The van der Waals surface area contributed by atoms with Crippen molar-refractivity contribution in [2.75, 3.05) is 0 Å². The minimum absolute atomic E-state index is 0.228. The molecule has 72 valence electrons. The van der Waals surface area contributed by atoms with Gasteiger partial charge in [-0.15, -0.1) is 0 Å². The van der Waals surface area contributed by atoms with Gasteiger partial charge in [0, 0.05) is 17.5 Å². The van der Waals surface area contributed by atoms with Crippen molar-refractivity contribution in [2.24, 2.45) is 0 Å². The predicted octanol–water partition coefficient (Wildman–Crippen LogP) is 2.85. The Morgan fingerprint density at radius 2 is 1.77 bits per heavy atom. The molecular weight excluding hydrogens is 158 g/mol. The molecule has 0 aliphatic carbocycles. The number of hydrogen-bond donors (Lipinski definition) is 0. The fourth-order valence-corrected chi connectivity index (χ4v) is 1.54. The van der Waals surface area contributed by atoms with Gasteiger partial charge in [0.1, 0.15) is 0 Å². The van der Waals surface area contributed by atoms with Crippen LogP contribution in [0.3, 0.4) is 0 Å². The van der Waals surface area contributed by atoms with Gasteiger partial charge in [-0.2, -0.15) is 4.57 Å². The van der Waals surface area contributed by atoms with Gasteiger partial charge in [0.15, 0.2) is 17.9 Å². The molecule has 13 heavy (non-hydrogen) atoms. The highest BCUT2D eigenvalue weighted by molar-refractivity contribution is 5.07. The van der Waals surface area contributed by atoms with Gasteiger partial charge in [0.2, 0.25) is 0 Å². The maximum atomic E-state index is 2.33. The van der Waals surface area contributed by atoms with Gasteiger partial charge in [-0.1, -0.05) is 26.8 Å². The first kappa shape index (κ1) is 10.2. The second-order valence-corrected chi connectivity index (χ2v) is 4.84. The lowest BCUT2D eigenvalue weighted by Gasteiger charge is -2.18. The molecular formula is C12H20N+. The average Bonchev–Trinajstić information content (AvgIpc) is 2.03. The lowest BCUT2D eigenvalue weighted by molar-refractivity contribution is -0.726. The highest BCUT2D eigenvalue weighted by Crippen LogP contribution is 2.18. The number of hydrogen-bond acceptors (Lipinski definition) is 0. The van der Waals surface area contributed by atoms with Crippen LogP contribution >= 0.6 is 0 Å². The van der Waals surface area contributed by atoms with Crippen LogP contribution in [0, 0.1) is 0 Å². The van der Waals surface area contributed by atoms with E-state index >= 15 is 0 Å². The monoisotopic (exact) mass is 178 g/mol. The number of aromatic nitrogens is 1. The molecule has 1 rings (SSSR count). The van der Waals surface area contributed by atoms with E-state index in [-0.39, 0.29) is 5.41 Å². The maximum Gasteiger partial charge on any atom is 0.186 e. The van der Waals surface area contributed by atoms with Gasteiger partial charge in [0.05, 0.1) is 0 Å². The number of nitrogens with zero attached hydrogens (tertiary/aromatic N) is 1. The van der Waals surface area contributed by atoms with Gasteiger partial charge >= 0.3 is 0 Å². The molecule has 0 saturated carbocycles. The largest absolute Gasteiger partial charge is 0.200 e. The third-order valence-corrected chi connectivity index (χ3v) is 2.21. The summed E-state index contributed by atoms with van der Waals surface area (Å²) in [4.78, 5) is 0. The Bertz CT molecular complexity index is 281. The molecule has 1 nitrogen and oxygen atoms in total. The van der Waals surface area contributed by atoms with Gasteiger partial charge in [0.25, 0.3) is 0 Å². The zero-order chi connectivity index (χ0) is 10.1. The van der Waals surface area contributed by atoms with E-state index in [0.29, 0.717) is 6.04 Å². The van der Waals surface area contributed by atoms with E-state index < -0.39 is 0 Å². The summed E-state index contributed by atoms with van der Waals surface area (Å²) in [6, 6.07) is 6.95. The first-order chi connectivity index (χ1) is 5.93. The fourth-order valence-electron chi connectivity index (χ4n) is 1.54. The Morgan fingerprint density at radius 1 is 1.15 bits per heavy atom. The molecule has 0 spiro atoms. The van der Waals surface area contributed by atoms with Crippen molar-refractivity contribution in [3.63, 3.8) is 0 Å². The number of pyridine rings is 1. The van der Waals surface area contributed by atoms with Crippen LogP contribution < -0.4 is 4.57 Å². The van der Waals surface area contributed by atoms with E-state index in [9.17, 15) is 0 Å². The fraction of sp³-hybridized carbons (Fsp3) is 0.583. The van der Waals surface area contributed by atoms with Gasteiger partial charge in [-0.25, -0.2) is 0 Å². The summed E-state index contributed by atoms with van der Waals surface area (Å²) >= 11 is 0. The van der Waals surface area contributed by atoms with Crippen molar-refractivity contribution in [2.45, 2.75) is 46.1 Å². The first-order valence-electron chi connectivity index (χ1n) is 4.93. The van der Waals surface area contributed by atoms with Gasteiger partial charge in [-0.3, -0.25) is 0 Å². The molecule has 0 radical (unpaired) electrons. The van der Waals surface area contributed by atoms with Crippen LogP contribution in [0.15, 0.2) is 24.4 Å². The predicted molar refractivity (Wildman–Crippen MR) is 55.7 cm³/mol. The second kappa shape index (κ2) is 3.49. The Morgan fingerprint density at radius 3 is 2.15 bits per heavy atom. The van der Waals surface area contributed by atoms with E-state index in [1.54, 1.807) is 0 Å². The molecule has 0 saturated heterocycles. The lowest BCUT2D eigenvalue weighted by Crippen LogP contribution is -2.44. The van der Waals surface area contributed by atoms with Crippen molar-refractivity contribution in [1.29, 1.82) is 0 Å². The smallest absolute Gasteiger partial charge is 0.186 e. The molecule has 0 bridgehead atoms. The summed E-state index contributed by atoms with van der Waals surface area (Å²) in [5.74, 6) is 0. The van der Waals surface area contributed by atoms with E-state index in [4.69, 9.17) is 0 Å². The summed E-state index contributed by atoms with van der Waals surface area (Å²) in [5.41, 5.74) is 1.62. The zero-order valence-corrected chi connectivity index (χ0v) is 9.33. The molecule has 0 aliphatic heterocycles. The van der Waals surface area contributed by atoms with Crippen molar-refractivity contribution < 1.29 is 4.57 Å². The summed E-state index contributed by atoms with van der Waals surface area (Å²) in [6.45, 7) is 11.2. The molecule has 1 heteroatoms. The van der Waals surface area contributed by atoms with E-state index in [0.717, 1.165) is 0 Å². The Labute approximate surface area is 81.4 Å². The molecule has 0 amide bonds. The van der Waals surface area contributed by atoms with Gasteiger partial charge in [-0.05, 0) is 13.8 Å². The van der Waals surface area contributed by atoms with Crippen LogP contribution in [0.4, 0.5) is 0 Å². The van der Waals surface area contributed by atoms with Crippen LogP contribution in [0.1, 0.15) is 46.4 Å². The topological polar surface area (TPSA) is 3.88 Å². The van der Waals surface area contributed by atoms with E-state index in [1.165, 1.54) is 5.69 Å². The molecule has 0 aromatic carbocycles. The first-order valence-corrected chi connectivity index (χ1v) is 4.93. The highest BCUT2D eigenvalue weighted by atomic mass is 15.0. The summed E-state index contributed by atoms with van der Waals surface area (Å²) in [7, 11) is 0. The van der Waals surface area contributed by atoms with Crippen LogP contribution in [-0.4, -0.2) is 0 Å². The average molecular weight is 178 g/mol. The van der Waals surface area contributed by atoms with Gasteiger partial charge < -0.3 is 0 Å². The van der Waals surface area contributed by atoms with Crippen LogP contribution in [0.5, 0.6) is 0 Å². The quantitative estimate of drug-likeness (QED) is 0.582. The van der Waals surface area contributed by atoms with Crippen LogP contribution in [-0.2, 0) is 5.41 Å². The molecule has 0 fully saturated rings. The molecule has 0 N–H and O–H groups in total. The Hall–Kier alpha value is -0.850. The molecule has 1 heterocycles. The van der Waals surface area contributed by atoms with Crippen molar-refractivity contribution in [3.05, 3.63) is 30.1 Å². The van der Waals surface area contributed by atoms with Crippen LogP contribution in [0.25, 0.3) is 0 Å². The van der Waals surface area contributed by atoms with Crippen molar-refractivity contribution in [1.82, 2.24) is 0 Å². The van der Waals surface area contributed by atoms with E-state index in [1.807, 2.05) is 0 Å². The minimum atomic E-state index is 0.228. The third-order valence-electron chi connectivity index (χ3n) is 2.21. The maximum absolute atomic E-state index is 2.33. The van der Waals surface area contributed by atoms with Crippen molar-refractivity contribution >= 4 is 0 Å². The summed E-state index contributed by atoms with van der Waals surface area (Å²) in [5, 5.41) is 0. The highest BCUT2D eigenvalue weighted by Gasteiger charge is 2.25. The molecule has 0 unspecified atom stereocenters. The minimum Gasteiger partial charge on any atom is -0.200 e. The third kappa shape index (κ3) is 2.30.